The van der Waals surface area contributed by atoms with E-state index in [-0.39, 0.29) is 17.4 Å². The van der Waals surface area contributed by atoms with Crippen molar-refractivity contribution >= 4 is 11.7 Å². The highest BCUT2D eigenvalue weighted by molar-refractivity contribution is 5.92. The first kappa shape index (κ1) is 11.1. The maximum absolute atomic E-state index is 11.6. The van der Waals surface area contributed by atoms with Gasteiger partial charge < -0.3 is 16.0 Å². The van der Waals surface area contributed by atoms with E-state index in [0.717, 1.165) is 5.69 Å². The standard InChI is InChI=1S/C10H12N6O/c11-9-5-12-4-8(16-9)10(17)14-2-1-7-3-13-6-15-7/h3-6H,1-2H2,(H2,11,16)(H,13,15)(H,14,17). The van der Waals surface area contributed by atoms with E-state index in [0.29, 0.717) is 13.0 Å². The van der Waals surface area contributed by atoms with Gasteiger partial charge in [-0.2, -0.15) is 0 Å². The first-order valence-corrected chi connectivity index (χ1v) is 5.08. The Hall–Kier alpha value is -2.44. The second-order valence-corrected chi connectivity index (χ2v) is 3.41. The summed E-state index contributed by atoms with van der Waals surface area (Å²) in [6.07, 6.45) is 6.76. The zero-order chi connectivity index (χ0) is 12.1. The fourth-order valence-electron chi connectivity index (χ4n) is 1.31. The molecule has 0 bridgehead atoms. The Morgan fingerprint density at radius 1 is 1.35 bits per heavy atom. The van der Waals surface area contributed by atoms with Crippen LogP contribution in [0.3, 0.4) is 0 Å². The molecule has 2 aromatic rings. The van der Waals surface area contributed by atoms with Crippen molar-refractivity contribution in [2.75, 3.05) is 12.3 Å². The number of hydrogen-bond acceptors (Lipinski definition) is 5. The number of H-pyrrole nitrogens is 1. The van der Waals surface area contributed by atoms with E-state index in [2.05, 4.69) is 25.3 Å². The molecular formula is C10H12N6O. The minimum absolute atomic E-state index is 0.217. The van der Waals surface area contributed by atoms with Crippen LogP contribution in [0.1, 0.15) is 16.2 Å². The summed E-state index contributed by atoms with van der Waals surface area (Å²) in [6, 6.07) is 0. The summed E-state index contributed by atoms with van der Waals surface area (Å²) in [4.78, 5) is 26.1. The van der Waals surface area contributed by atoms with Crippen LogP contribution in [-0.2, 0) is 6.42 Å². The number of imidazole rings is 1. The van der Waals surface area contributed by atoms with Crippen molar-refractivity contribution in [3.05, 3.63) is 36.3 Å². The quantitative estimate of drug-likeness (QED) is 0.673. The third-order valence-electron chi connectivity index (χ3n) is 2.12. The van der Waals surface area contributed by atoms with Crippen molar-refractivity contribution in [1.82, 2.24) is 25.3 Å². The summed E-state index contributed by atoms with van der Waals surface area (Å²) in [7, 11) is 0. The minimum Gasteiger partial charge on any atom is -0.382 e. The van der Waals surface area contributed by atoms with Crippen molar-refractivity contribution in [2.24, 2.45) is 0 Å². The normalized spacial score (nSPS) is 10.1. The van der Waals surface area contributed by atoms with E-state index in [1.54, 1.807) is 12.5 Å². The molecule has 2 aromatic heterocycles. The number of rotatable bonds is 4. The smallest absolute Gasteiger partial charge is 0.271 e. The highest BCUT2D eigenvalue weighted by atomic mass is 16.1. The summed E-state index contributed by atoms with van der Waals surface area (Å²) in [6.45, 7) is 0.498. The van der Waals surface area contributed by atoms with Gasteiger partial charge in [0.15, 0.2) is 0 Å². The number of aromatic amines is 1. The molecule has 17 heavy (non-hydrogen) atoms. The number of anilines is 1. The van der Waals surface area contributed by atoms with Crippen molar-refractivity contribution in [3.63, 3.8) is 0 Å². The van der Waals surface area contributed by atoms with E-state index >= 15 is 0 Å². The van der Waals surface area contributed by atoms with Gasteiger partial charge in [0, 0.05) is 24.9 Å². The van der Waals surface area contributed by atoms with E-state index in [1.807, 2.05) is 0 Å². The van der Waals surface area contributed by atoms with Crippen LogP contribution >= 0.6 is 0 Å². The highest BCUT2D eigenvalue weighted by Crippen LogP contribution is 1.97. The number of nitrogens with two attached hydrogens (primary N) is 1. The van der Waals surface area contributed by atoms with Crippen LogP contribution in [0.5, 0.6) is 0 Å². The van der Waals surface area contributed by atoms with Gasteiger partial charge in [-0.05, 0) is 0 Å². The minimum atomic E-state index is -0.288. The summed E-state index contributed by atoms with van der Waals surface area (Å²) in [5.41, 5.74) is 6.61. The molecule has 1 amide bonds. The third-order valence-corrected chi connectivity index (χ3v) is 2.12. The second-order valence-electron chi connectivity index (χ2n) is 3.41. The van der Waals surface area contributed by atoms with E-state index in [4.69, 9.17) is 5.73 Å². The summed E-state index contributed by atoms with van der Waals surface area (Å²) in [5.74, 6) is -0.0597. The average molecular weight is 232 g/mol. The molecule has 7 heteroatoms. The van der Waals surface area contributed by atoms with Crippen LogP contribution in [0.4, 0.5) is 5.82 Å². The van der Waals surface area contributed by atoms with Gasteiger partial charge in [0.2, 0.25) is 0 Å². The Kier molecular flexibility index (Phi) is 3.29. The van der Waals surface area contributed by atoms with Crippen LogP contribution in [-0.4, -0.2) is 32.4 Å². The van der Waals surface area contributed by atoms with Gasteiger partial charge in [-0.3, -0.25) is 9.78 Å². The zero-order valence-corrected chi connectivity index (χ0v) is 9.05. The van der Waals surface area contributed by atoms with Crippen LogP contribution in [0, 0.1) is 0 Å². The molecule has 0 saturated heterocycles. The van der Waals surface area contributed by atoms with E-state index < -0.39 is 0 Å². The maximum atomic E-state index is 11.6. The first-order chi connectivity index (χ1) is 8.25. The lowest BCUT2D eigenvalue weighted by atomic mass is 10.3. The molecule has 0 fully saturated rings. The Morgan fingerprint density at radius 3 is 2.94 bits per heavy atom. The molecule has 4 N–H and O–H groups in total. The Balaban J connectivity index is 1.85. The van der Waals surface area contributed by atoms with Crippen molar-refractivity contribution < 1.29 is 4.79 Å². The molecule has 0 spiro atoms. The van der Waals surface area contributed by atoms with Crippen LogP contribution in [0.15, 0.2) is 24.9 Å². The molecule has 0 atom stereocenters. The molecule has 0 aliphatic carbocycles. The predicted molar refractivity (Wildman–Crippen MR) is 61.1 cm³/mol. The van der Waals surface area contributed by atoms with E-state index in [1.165, 1.54) is 12.4 Å². The first-order valence-electron chi connectivity index (χ1n) is 5.08. The number of nitrogen functional groups attached to an aromatic ring is 1. The topological polar surface area (TPSA) is 110 Å². The SMILES string of the molecule is Nc1cncc(C(=O)NCCc2cnc[nH]2)n1. The molecule has 2 heterocycles. The molecule has 7 nitrogen and oxygen atoms in total. The summed E-state index contributed by atoms with van der Waals surface area (Å²) >= 11 is 0. The van der Waals surface area contributed by atoms with Gasteiger partial charge in [0.1, 0.15) is 11.5 Å². The van der Waals surface area contributed by atoms with Gasteiger partial charge in [0.05, 0.1) is 18.7 Å². The molecule has 0 radical (unpaired) electrons. The van der Waals surface area contributed by atoms with E-state index in [9.17, 15) is 4.79 Å². The second kappa shape index (κ2) is 5.06. The van der Waals surface area contributed by atoms with Crippen LogP contribution in [0.25, 0.3) is 0 Å². The summed E-state index contributed by atoms with van der Waals surface area (Å²) < 4.78 is 0. The van der Waals surface area contributed by atoms with Crippen molar-refractivity contribution in [3.8, 4) is 0 Å². The number of hydrogen-bond donors (Lipinski definition) is 3. The number of amides is 1. The fraction of sp³-hybridized carbons (Fsp3) is 0.200. The van der Waals surface area contributed by atoms with Gasteiger partial charge in [0.25, 0.3) is 5.91 Å². The van der Waals surface area contributed by atoms with Gasteiger partial charge >= 0.3 is 0 Å². The maximum Gasteiger partial charge on any atom is 0.271 e. The number of nitrogens with zero attached hydrogens (tertiary/aromatic N) is 3. The lowest BCUT2D eigenvalue weighted by Crippen LogP contribution is -2.27. The largest absolute Gasteiger partial charge is 0.382 e. The van der Waals surface area contributed by atoms with Gasteiger partial charge in [-0.25, -0.2) is 9.97 Å². The Labute approximate surface area is 97.5 Å². The van der Waals surface area contributed by atoms with Crippen LogP contribution < -0.4 is 11.1 Å². The number of aromatic nitrogens is 4. The molecule has 0 unspecified atom stereocenters. The molecule has 0 aromatic carbocycles. The molecule has 88 valence electrons. The van der Waals surface area contributed by atoms with Crippen molar-refractivity contribution in [1.29, 1.82) is 0 Å². The van der Waals surface area contributed by atoms with Gasteiger partial charge in [-0.15, -0.1) is 0 Å². The molecular weight excluding hydrogens is 220 g/mol. The molecule has 0 saturated carbocycles. The van der Waals surface area contributed by atoms with Gasteiger partial charge in [-0.1, -0.05) is 0 Å². The van der Waals surface area contributed by atoms with Crippen LogP contribution in [0.2, 0.25) is 0 Å². The lowest BCUT2D eigenvalue weighted by Gasteiger charge is -2.03. The molecule has 2 rings (SSSR count). The third kappa shape index (κ3) is 3.00. The number of nitrogens with one attached hydrogen (secondary N) is 2. The highest BCUT2D eigenvalue weighted by Gasteiger charge is 2.07. The Bertz CT molecular complexity index is 495. The Morgan fingerprint density at radius 2 is 2.24 bits per heavy atom. The fourth-order valence-corrected chi connectivity index (χ4v) is 1.31. The molecule has 0 aliphatic rings. The predicted octanol–water partition coefficient (Wildman–Crippen LogP) is -0.246. The monoisotopic (exact) mass is 232 g/mol. The van der Waals surface area contributed by atoms with Crippen molar-refractivity contribution in [2.45, 2.75) is 6.42 Å². The zero-order valence-electron chi connectivity index (χ0n) is 9.05. The number of carbonyl (C=O) groups excluding carboxylic acids is 1. The average Bonchev–Trinajstić information content (AvgIpc) is 2.82. The lowest BCUT2D eigenvalue weighted by molar-refractivity contribution is 0.0949. The number of carbonyl (C=O) groups is 1. The summed E-state index contributed by atoms with van der Waals surface area (Å²) in [5, 5.41) is 2.72. The molecule has 0 aliphatic heterocycles.